The van der Waals surface area contributed by atoms with Gasteiger partial charge < -0.3 is 14.9 Å². The predicted octanol–water partition coefficient (Wildman–Crippen LogP) is 3.27. The Bertz CT molecular complexity index is 875. The average molecular weight is 385 g/mol. The number of hydrogen-bond acceptors (Lipinski definition) is 5. The SMILES string of the molecule is Cc1ccc(-c2ccc(C(=O)O)c(N3CCCN(C(=O)C4CC4)CC3)n2)s1. The molecule has 1 aliphatic heterocycles. The minimum absolute atomic E-state index is 0.217. The van der Waals surface area contributed by atoms with Crippen LogP contribution in [0.2, 0.25) is 0 Å². The van der Waals surface area contributed by atoms with Crippen molar-refractivity contribution in [1.29, 1.82) is 0 Å². The zero-order valence-electron chi connectivity index (χ0n) is 15.4. The fourth-order valence-electron chi connectivity index (χ4n) is 3.50. The van der Waals surface area contributed by atoms with E-state index in [1.54, 1.807) is 23.5 Å². The lowest BCUT2D eigenvalue weighted by atomic mass is 10.2. The number of aromatic nitrogens is 1. The van der Waals surface area contributed by atoms with Crippen LogP contribution in [0.5, 0.6) is 0 Å². The number of pyridine rings is 1. The van der Waals surface area contributed by atoms with E-state index in [4.69, 9.17) is 4.98 Å². The molecule has 7 heteroatoms. The molecule has 4 rings (SSSR count). The summed E-state index contributed by atoms with van der Waals surface area (Å²) in [5.74, 6) is 0.00840. The monoisotopic (exact) mass is 385 g/mol. The van der Waals surface area contributed by atoms with E-state index in [2.05, 4.69) is 0 Å². The van der Waals surface area contributed by atoms with Crippen molar-refractivity contribution in [2.45, 2.75) is 26.2 Å². The number of aryl methyl sites for hydroxylation is 1. The Hall–Kier alpha value is -2.41. The fraction of sp³-hybridized carbons (Fsp3) is 0.450. The summed E-state index contributed by atoms with van der Waals surface area (Å²) in [6.07, 6.45) is 2.83. The number of aromatic carboxylic acids is 1. The molecule has 2 aliphatic rings. The summed E-state index contributed by atoms with van der Waals surface area (Å²) in [6.45, 7) is 4.71. The second kappa shape index (κ2) is 7.31. The van der Waals surface area contributed by atoms with Crippen molar-refractivity contribution in [3.05, 3.63) is 34.7 Å². The summed E-state index contributed by atoms with van der Waals surface area (Å²) in [6, 6.07) is 7.48. The van der Waals surface area contributed by atoms with Crippen molar-refractivity contribution < 1.29 is 14.7 Å². The number of amides is 1. The smallest absolute Gasteiger partial charge is 0.339 e. The molecule has 0 atom stereocenters. The molecule has 1 aliphatic carbocycles. The molecule has 1 N–H and O–H groups in total. The Balaban J connectivity index is 1.60. The first-order chi connectivity index (χ1) is 13.0. The lowest BCUT2D eigenvalue weighted by Crippen LogP contribution is -2.36. The molecule has 6 nitrogen and oxygen atoms in total. The third-order valence-electron chi connectivity index (χ3n) is 5.13. The number of nitrogens with zero attached hydrogens (tertiary/aromatic N) is 3. The van der Waals surface area contributed by atoms with Crippen molar-refractivity contribution in [2.24, 2.45) is 5.92 Å². The third kappa shape index (κ3) is 3.83. The second-order valence-corrected chi connectivity index (χ2v) is 8.51. The number of carboxylic acid groups (broad SMARTS) is 1. The van der Waals surface area contributed by atoms with Gasteiger partial charge in [0.05, 0.1) is 10.6 Å². The fourth-order valence-corrected chi connectivity index (χ4v) is 4.34. The molecule has 1 amide bonds. The lowest BCUT2D eigenvalue weighted by molar-refractivity contribution is -0.132. The highest BCUT2D eigenvalue weighted by atomic mass is 32.1. The van der Waals surface area contributed by atoms with Crippen LogP contribution in [0, 0.1) is 12.8 Å². The van der Waals surface area contributed by atoms with Gasteiger partial charge in [-0.05, 0) is 50.5 Å². The first-order valence-corrected chi connectivity index (χ1v) is 10.2. The van der Waals surface area contributed by atoms with E-state index in [1.807, 2.05) is 28.9 Å². The molecule has 0 bridgehead atoms. The Morgan fingerprint density at radius 2 is 1.93 bits per heavy atom. The van der Waals surface area contributed by atoms with Gasteiger partial charge in [0.1, 0.15) is 11.4 Å². The molecule has 3 heterocycles. The van der Waals surface area contributed by atoms with Crippen LogP contribution in [0.4, 0.5) is 5.82 Å². The zero-order chi connectivity index (χ0) is 19.0. The molecule has 27 heavy (non-hydrogen) atoms. The zero-order valence-corrected chi connectivity index (χ0v) is 16.2. The van der Waals surface area contributed by atoms with E-state index >= 15 is 0 Å². The van der Waals surface area contributed by atoms with Gasteiger partial charge in [0.25, 0.3) is 0 Å². The number of rotatable bonds is 4. The van der Waals surface area contributed by atoms with E-state index < -0.39 is 5.97 Å². The van der Waals surface area contributed by atoms with Gasteiger partial charge in [-0.2, -0.15) is 0 Å². The minimum atomic E-state index is -0.971. The first kappa shape index (κ1) is 18.0. The summed E-state index contributed by atoms with van der Waals surface area (Å²) in [5, 5.41) is 9.62. The van der Waals surface area contributed by atoms with E-state index in [9.17, 15) is 14.7 Å². The number of hydrogen-bond donors (Lipinski definition) is 1. The van der Waals surface area contributed by atoms with Crippen LogP contribution in [0.15, 0.2) is 24.3 Å². The van der Waals surface area contributed by atoms with E-state index in [0.29, 0.717) is 25.5 Å². The molecule has 1 saturated carbocycles. The molecule has 2 fully saturated rings. The quantitative estimate of drug-likeness (QED) is 0.874. The summed E-state index contributed by atoms with van der Waals surface area (Å²) in [4.78, 5) is 35.0. The molecule has 142 valence electrons. The molecule has 0 aromatic carbocycles. The van der Waals surface area contributed by atoms with Gasteiger partial charge in [-0.15, -0.1) is 11.3 Å². The highest BCUT2D eigenvalue weighted by Crippen LogP contribution is 2.32. The Morgan fingerprint density at radius 1 is 1.11 bits per heavy atom. The number of carbonyl (C=O) groups excluding carboxylic acids is 1. The third-order valence-corrected chi connectivity index (χ3v) is 6.16. The highest BCUT2D eigenvalue weighted by Gasteiger charge is 2.34. The Kier molecular flexibility index (Phi) is 4.86. The Labute approximate surface area is 162 Å². The summed E-state index contributed by atoms with van der Waals surface area (Å²) in [7, 11) is 0. The normalized spacial score (nSPS) is 17.7. The molecule has 1 saturated heterocycles. The summed E-state index contributed by atoms with van der Waals surface area (Å²) < 4.78 is 0. The van der Waals surface area contributed by atoms with E-state index in [1.165, 1.54) is 4.88 Å². The van der Waals surface area contributed by atoms with Gasteiger partial charge in [0.15, 0.2) is 0 Å². The number of thiophene rings is 1. The predicted molar refractivity (Wildman–Crippen MR) is 105 cm³/mol. The second-order valence-electron chi connectivity index (χ2n) is 7.22. The average Bonchev–Trinajstić information content (AvgIpc) is 3.45. The van der Waals surface area contributed by atoms with Crippen LogP contribution in [0.25, 0.3) is 10.6 Å². The molecular weight excluding hydrogens is 362 g/mol. The topological polar surface area (TPSA) is 73.7 Å². The number of carbonyl (C=O) groups is 2. The maximum Gasteiger partial charge on any atom is 0.339 e. The van der Waals surface area contributed by atoms with E-state index in [0.717, 1.165) is 36.4 Å². The minimum Gasteiger partial charge on any atom is -0.478 e. The molecule has 0 unspecified atom stereocenters. The first-order valence-electron chi connectivity index (χ1n) is 9.38. The van der Waals surface area contributed by atoms with Gasteiger partial charge in [-0.3, -0.25) is 4.79 Å². The van der Waals surface area contributed by atoms with Crippen molar-refractivity contribution >= 4 is 29.0 Å². The van der Waals surface area contributed by atoms with Crippen LogP contribution in [-0.2, 0) is 4.79 Å². The molecule has 2 aromatic heterocycles. The summed E-state index contributed by atoms with van der Waals surface area (Å²) >= 11 is 1.65. The van der Waals surface area contributed by atoms with Crippen molar-refractivity contribution in [2.75, 3.05) is 31.1 Å². The van der Waals surface area contributed by atoms with Crippen molar-refractivity contribution in [3.8, 4) is 10.6 Å². The van der Waals surface area contributed by atoms with Gasteiger partial charge >= 0.3 is 5.97 Å². The standard InChI is InChI=1S/C20H23N3O3S/c1-13-3-8-17(27-13)16-7-6-15(20(25)26)18(21-16)22-9-2-10-23(12-11-22)19(24)14-4-5-14/h3,6-8,14H,2,4-5,9-12H2,1H3,(H,25,26). The van der Waals surface area contributed by atoms with Gasteiger partial charge in [-0.25, -0.2) is 9.78 Å². The van der Waals surface area contributed by atoms with Gasteiger partial charge in [0, 0.05) is 37.0 Å². The van der Waals surface area contributed by atoms with Crippen LogP contribution in [-0.4, -0.2) is 53.0 Å². The lowest BCUT2D eigenvalue weighted by Gasteiger charge is -2.24. The Morgan fingerprint density at radius 3 is 2.59 bits per heavy atom. The molecular formula is C20H23N3O3S. The molecule has 0 radical (unpaired) electrons. The van der Waals surface area contributed by atoms with Crippen LogP contribution < -0.4 is 4.90 Å². The van der Waals surface area contributed by atoms with Crippen LogP contribution in [0.3, 0.4) is 0 Å². The maximum atomic E-state index is 12.4. The van der Waals surface area contributed by atoms with Gasteiger partial charge in [0.2, 0.25) is 5.91 Å². The van der Waals surface area contributed by atoms with Crippen molar-refractivity contribution in [3.63, 3.8) is 0 Å². The maximum absolute atomic E-state index is 12.4. The molecule has 0 spiro atoms. The summed E-state index contributed by atoms with van der Waals surface area (Å²) in [5.41, 5.74) is 1.01. The van der Waals surface area contributed by atoms with Crippen LogP contribution >= 0.6 is 11.3 Å². The number of anilines is 1. The van der Waals surface area contributed by atoms with Gasteiger partial charge in [-0.1, -0.05) is 0 Å². The molecule has 2 aromatic rings. The van der Waals surface area contributed by atoms with E-state index in [-0.39, 0.29) is 17.4 Å². The highest BCUT2D eigenvalue weighted by molar-refractivity contribution is 7.15. The largest absolute Gasteiger partial charge is 0.478 e. The number of carboxylic acids is 1. The van der Waals surface area contributed by atoms with Crippen molar-refractivity contribution in [1.82, 2.24) is 9.88 Å². The van der Waals surface area contributed by atoms with Crippen LogP contribution in [0.1, 0.15) is 34.5 Å².